The highest BCUT2D eigenvalue weighted by Gasteiger charge is 2.16. The molecule has 1 aromatic carbocycles. The maximum Gasteiger partial charge on any atom is 0.225 e. The summed E-state index contributed by atoms with van der Waals surface area (Å²) in [5.41, 5.74) is 1.26. The molecule has 0 spiro atoms. The van der Waals surface area contributed by atoms with Crippen molar-refractivity contribution in [2.75, 3.05) is 6.54 Å². The zero-order chi connectivity index (χ0) is 13.1. The topological polar surface area (TPSA) is 20.3 Å². The van der Waals surface area contributed by atoms with Crippen molar-refractivity contribution in [2.45, 2.75) is 27.3 Å². The van der Waals surface area contributed by atoms with Crippen LogP contribution in [0.15, 0.2) is 29.6 Å². The molecule has 1 amide bonds. The highest BCUT2D eigenvalue weighted by atomic mass is 32.1. The van der Waals surface area contributed by atoms with Gasteiger partial charge < -0.3 is 4.90 Å². The Morgan fingerprint density at radius 3 is 2.72 bits per heavy atom. The van der Waals surface area contributed by atoms with Crippen LogP contribution in [0.4, 0.5) is 0 Å². The molecule has 3 heteroatoms. The fourth-order valence-corrected chi connectivity index (χ4v) is 3.03. The van der Waals surface area contributed by atoms with E-state index < -0.39 is 0 Å². The monoisotopic (exact) mass is 261 g/mol. The Kier molecular flexibility index (Phi) is 4.02. The molecule has 0 aliphatic carbocycles. The van der Waals surface area contributed by atoms with Gasteiger partial charge in [-0.05, 0) is 29.3 Å². The van der Waals surface area contributed by atoms with Gasteiger partial charge in [-0.1, -0.05) is 32.0 Å². The fourth-order valence-electron chi connectivity index (χ4n) is 2.07. The van der Waals surface area contributed by atoms with Gasteiger partial charge >= 0.3 is 0 Å². The number of amides is 1. The lowest BCUT2D eigenvalue weighted by Gasteiger charge is -2.22. The van der Waals surface area contributed by atoms with Gasteiger partial charge in [0.15, 0.2) is 0 Å². The second-order valence-corrected chi connectivity index (χ2v) is 5.68. The van der Waals surface area contributed by atoms with Crippen molar-refractivity contribution >= 4 is 27.3 Å². The number of thiophene rings is 1. The lowest BCUT2D eigenvalue weighted by molar-refractivity contribution is -0.134. The number of rotatable bonds is 4. The van der Waals surface area contributed by atoms with Crippen molar-refractivity contribution in [1.82, 2.24) is 4.90 Å². The summed E-state index contributed by atoms with van der Waals surface area (Å²) < 4.78 is 1.29. The van der Waals surface area contributed by atoms with Gasteiger partial charge in [-0.3, -0.25) is 4.79 Å². The van der Waals surface area contributed by atoms with Crippen molar-refractivity contribution in [2.24, 2.45) is 5.92 Å². The lowest BCUT2D eigenvalue weighted by atomic mass is 10.1. The first kappa shape index (κ1) is 13.1. The molecule has 2 aromatic rings. The zero-order valence-electron chi connectivity index (χ0n) is 11.1. The van der Waals surface area contributed by atoms with Crippen molar-refractivity contribution in [3.8, 4) is 0 Å². The van der Waals surface area contributed by atoms with Gasteiger partial charge in [0.25, 0.3) is 0 Å². The number of carbonyl (C=O) groups is 1. The van der Waals surface area contributed by atoms with E-state index in [1.165, 1.54) is 15.6 Å². The zero-order valence-corrected chi connectivity index (χ0v) is 12.0. The summed E-state index contributed by atoms with van der Waals surface area (Å²) in [6, 6.07) is 8.37. The van der Waals surface area contributed by atoms with Crippen molar-refractivity contribution in [3.05, 3.63) is 35.2 Å². The molecule has 2 rings (SSSR count). The number of nitrogens with zero attached hydrogens (tertiary/aromatic N) is 1. The van der Waals surface area contributed by atoms with Gasteiger partial charge in [0.2, 0.25) is 5.91 Å². The van der Waals surface area contributed by atoms with Crippen molar-refractivity contribution in [1.29, 1.82) is 0 Å². The van der Waals surface area contributed by atoms with E-state index in [4.69, 9.17) is 0 Å². The Hall–Kier alpha value is -1.35. The van der Waals surface area contributed by atoms with Crippen LogP contribution in [0.2, 0.25) is 0 Å². The van der Waals surface area contributed by atoms with E-state index in [0.717, 1.165) is 13.1 Å². The van der Waals surface area contributed by atoms with Gasteiger partial charge in [0, 0.05) is 23.7 Å². The van der Waals surface area contributed by atoms with Crippen LogP contribution in [0.1, 0.15) is 26.3 Å². The molecule has 18 heavy (non-hydrogen) atoms. The average molecular weight is 261 g/mol. The molecule has 0 aliphatic rings. The minimum Gasteiger partial charge on any atom is -0.338 e. The van der Waals surface area contributed by atoms with Gasteiger partial charge in [0.05, 0.1) is 0 Å². The highest BCUT2D eigenvalue weighted by molar-refractivity contribution is 7.17. The van der Waals surface area contributed by atoms with Gasteiger partial charge in [-0.25, -0.2) is 0 Å². The van der Waals surface area contributed by atoms with Crippen molar-refractivity contribution < 1.29 is 4.79 Å². The first-order valence-corrected chi connectivity index (χ1v) is 7.25. The van der Waals surface area contributed by atoms with Crippen LogP contribution < -0.4 is 0 Å². The SMILES string of the molecule is CCN(Cc1csc2ccccc12)C(=O)C(C)C. The van der Waals surface area contributed by atoms with Gasteiger partial charge in [-0.2, -0.15) is 0 Å². The maximum absolute atomic E-state index is 12.1. The second kappa shape index (κ2) is 5.53. The molecule has 1 heterocycles. The van der Waals surface area contributed by atoms with Crippen LogP contribution in [0.3, 0.4) is 0 Å². The first-order valence-electron chi connectivity index (χ1n) is 6.37. The molecule has 0 N–H and O–H groups in total. The number of fused-ring (bicyclic) bond motifs is 1. The molecule has 2 nitrogen and oxygen atoms in total. The molecular weight excluding hydrogens is 242 g/mol. The molecule has 0 radical (unpaired) electrons. The third kappa shape index (κ3) is 2.56. The van der Waals surface area contributed by atoms with E-state index >= 15 is 0 Å². The average Bonchev–Trinajstić information content (AvgIpc) is 2.78. The summed E-state index contributed by atoms with van der Waals surface area (Å²) in [5.74, 6) is 0.294. The second-order valence-electron chi connectivity index (χ2n) is 4.76. The summed E-state index contributed by atoms with van der Waals surface area (Å²) in [5, 5.41) is 3.44. The Bertz CT molecular complexity index is 544. The molecule has 1 aromatic heterocycles. The number of hydrogen-bond donors (Lipinski definition) is 0. The van der Waals surface area contributed by atoms with Crippen LogP contribution in [-0.4, -0.2) is 17.4 Å². The third-order valence-corrected chi connectivity index (χ3v) is 4.12. The van der Waals surface area contributed by atoms with Crippen LogP contribution in [0, 0.1) is 5.92 Å². The molecule has 0 unspecified atom stereocenters. The lowest BCUT2D eigenvalue weighted by Crippen LogP contribution is -2.33. The predicted molar refractivity (Wildman–Crippen MR) is 77.8 cm³/mol. The Labute approximate surface area is 112 Å². The quantitative estimate of drug-likeness (QED) is 0.817. The molecule has 0 atom stereocenters. The first-order chi connectivity index (χ1) is 8.63. The maximum atomic E-state index is 12.1. The highest BCUT2D eigenvalue weighted by Crippen LogP contribution is 2.26. The van der Waals surface area contributed by atoms with Gasteiger partial charge in [0.1, 0.15) is 0 Å². The predicted octanol–water partition coefficient (Wildman–Crippen LogP) is 3.91. The molecule has 96 valence electrons. The van der Waals surface area contributed by atoms with Crippen LogP contribution >= 0.6 is 11.3 Å². The number of hydrogen-bond acceptors (Lipinski definition) is 2. The normalized spacial score (nSPS) is 11.1. The Morgan fingerprint density at radius 1 is 1.33 bits per heavy atom. The Balaban J connectivity index is 2.24. The van der Waals surface area contributed by atoms with E-state index in [1.807, 2.05) is 25.7 Å². The molecule has 0 aliphatic heterocycles. The van der Waals surface area contributed by atoms with Crippen LogP contribution in [0.5, 0.6) is 0 Å². The van der Waals surface area contributed by atoms with Crippen LogP contribution in [0.25, 0.3) is 10.1 Å². The molecule has 0 fully saturated rings. The van der Waals surface area contributed by atoms with Gasteiger partial charge in [-0.15, -0.1) is 11.3 Å². The van der Waals surface area contributed by atoms with E-state index in [-0.39, 0.29) is 11.8 Å². The summed E-state index contributed by atoms with van der Waals surface area (Å²) >= 11 is 1.75. The minimum atomic E-state index is 0.0647. The fraction of sp³-hybridized carbons (Fsp3) is 0.400. The number of benzene rings is 1. The molecule has 0 bridgehead atoms. The summed E-state index contributed by atoms with van der Waals surface area (Å²) in [6.45, 7) is 7.43. The third-order valence-electron chi connectivity index (χ3n) is 3.11. The van der Waals surface area contributed by atoms with E-state index in [0.29, 0.717) is 0 Å². The largest absolute Gasteiger partial charge is 0.338 e. The van der Waals surface area contributed by atoms with E-state index in [9.17, 15) is 4.79 Å². The summed E-state index contributed by atoms with van der Waals surface area (Å²) in [7, 11) is 0. The van der Waals surface area contributed by atoms with Crippen LogP contribution in [-0.2, 0) is 11.3 Å². The molecule has 0 saturated carbocycles. The van der Waals surface area contributed by atoms with E-state index in [1.54, 1.807) is 11.3 Å². The standard InChI is InChI=1S/C15H19NOS/c1-4-16(15(17)11(2)3)9-12-10-18-14-8-6-5-7-13(12)14/h5-8,10-11H,4,9H2,1-3H3. The minimum absolute atomic E-state index is 0.0647. The number of carbonyl (C=O) groups excluding carboxylic acids is 1. The Morgan fingerprint density at radius 2 is 2.06 bits per heavy atom. The summed E-state index contributed by atoms with van der Waals surface area (Å²) in [6.07, 6.45) is 0. The van der Waals surface area contributed by atoms with Crippen molar-refractivity contribution in [3.63, 3.8) is 0 Å². The molecular formula is C15H19NOS. The van der Waals surface area contributed by atoms with E-state index in [2.05, 4.69) is 29.6 Å². The summed E-state index contributed by atoms with van der Waals surface area (Å²) in [4.78, 5) is 14.0. The molecule has 0 saturated heterocycles. The smallest absolute Gasteiger partial charge is 0.225 e.